The summed E-state index contributed by atoms with van der Waals surface area (Å²) in [6.07, 6.45) is 1.29. The molecule has 2 aromatic carbocycles. The molecule has 0 saturated carbocycles. The second-order valence-electron chi connectivity index (χ2n) is 6.43. The summed E-state index contributed by atoms with van der Waals surface area (Å²) in [5, 5.41) is 14.9. The minimum atomic E-state index is -0.545. The van der Waals surface area contributed by atoms with Gasteiger partial charge in [0.2, 0.25) is 5.75 Å². The summed E-state index contributed by atoms with van der Waals surface area (Å²) in [5.74, 6) is 0.549. The molecule has 1 amide bonds. The van der Waals surface area contributed by atoms with Crippen molar-refractivity contribution >= 4 is 17.8 Å². The number of benzene rings is 2. The van der Waals surface area contributed by atoms with Crippen molar-refractivity contribution in [2.24, 2.45) is 5.10 Å². The van der Waals surface area contributed by atoms with Gasteiger partial charge in [-0.1, -0.05) is 32.0 Å². The highest BCUT2D eigenvalue weighted by molar-refractivity contribution is 5.87. The van der Waals surface area contributed by atoms with Crippen LogP contribution in [0.2, 0.25) is 0 Å². The van der Waals surface area contributed by atoms with E-state index in [2.05, 4.69) is 10.5 Å². The fourth-order valence-electron chi connectivity index (χ4n) is 2.60. The van der Waals surface area contributed by atoms with E-state index in [-0.39, 0.29) is 24.0 Å². The molecule has 0 heterocycles. The maximum atomic E-state index is 12.0. The lowest BCUT2D eigenvalue weighted by Crippen LogP contribution is -2.25. The fraction of sp³-hybridized carbons (Fsp3) is 0.300. The molecule has 8 nitrogen and oxygen atoms in total. The number of amides is 1. The van der Waals surface area contributed by atoms with E-state index in [0.29, 0.717) is 11.3 Å². The van der Waals surface area contributed by atoms with Crippen LogP contribution in [0.5, 0.6) is 11.5 Å². The number of nitro benzene ring substituents is 1. The van der Waals surface area contributed by atoms with E-state index in [1.54, 1.807) is 6.07 Å². The normalized spacial score (nSPS) is 10.9. The number of hydrogen-bond donors (Lipinski definition) is 1. The van der Waals surface area contributed by atoms with E-state index in [4.69, 9.17) is 9.47 Å². The van der Waals surface area contributed by atoms with Crippen molar-refractivity contribution in [1.29, 1.82) is 0 Å². The van der Waals surface area contributed by atoms with Gasteiger partial charge in [-0.2, -0.15) is 5.10 Å². The summed E-state index contributed by atoms with van der Waals surface area (Å²) in [4.78, 5) is 22.5. The number of para-hydroxylation sites is 1. The molecule has 0 atom stereocenters. The van der Waals surface area contributed by atoms with Crippen LogP contribution < -0.4 is 14.9 Å². The monoisotopic (exact) mass is 385 g/mol. The molecule has 0 bridgehead atoms. The van der Waals surface area contributed by atoms with Gasteiger partial charge in [-0.25, -0.2) is 5.43 Å². The summed E-state index contributed by atoms with van der Waals surface area (Å²) < 4.78 is 10.7. The summed E-state index contributed by atoms with van der Waals surface area (Å²) in [6.45, 7) is 5.85. The molecule has 8 heteroatoms. The van der Waals surface area contributed by atoms with Gasteiger partial charge in [-0.05, 0) is 36.1 Å². The van der Waals surface area contributed by atoms with Crippen molar-refractivity contribution in [3.63, 3.8) is 0 Å². The van der Waals surface area contributed by atoms with E-state index >= 15 is 0 Å². The molecule has 2 aromatic rings. The molecule has 0 radical (unpaired) electrons. The van der Waals surface area contributed by atoms with Gasteiger partial charge < -0.3 is 9.47 Å². The first kappa shape index (κ1) is 20.9. The van der Waals surface area contributed by atoms with E-state index in [1.807, 2.05) is 39.0 Å². The highest BCUT2D eigenvalue weighted by Gasteiger charge is 2.17. The highest BCUT2D eigenvalue weighted by Crippen LogP contribution is 2.29. The minimum Gasteiger partial charge on any atom is -0.490 e. The third-order valence-electron chi connectivity index (χ3n) is 3.97. The van der Waals surface area contributed by atoms with Crippen molar-refractivity contribution in [2.45, 2.75) is 26.7 Å². The predicted molar refractivity (Wildman–Crippen MR) is 106 cm³/mol. The number of nitrogens with one attached hydrogen (secondary N) is 1. The minimum absolute atomic E-state index is 0.0723. The number of nitro groups is 1. The van der Waals surface area contributed by atoms with Crippen LogP contribution in [0.1, 0.15) is 36.5 Å². The third kappa shape index (κ3) is 5.29. The quantitative estimate of drug-likeness (QED) is 0.425. The smallest absolute Gasteiger partial charge is 0.311 e. The first-order valence-corrected chi connectivity index (χ1v) is 8.70. The van der Waals surface area contributed by atoms with Crippen LogP contribution in [-0.4, -0.2) is 30.8 Å². The Hall–Kier alpha value is -3.42. The van der Waals surface area contributed by atoms with Crippen LogP contribution in [-0.2, 0) is 4.79 Å². The lowest BCUT2D eigenvalue weighted by Gasteiger charge is -2.14. The fourth-order valence-corrected chi connectivity index (χ4v) is 2.60. The van der Waals surface area contributed by atoms with Crippen LogP contribution in [0.25, 0.3) is 0 Å². The van der Waals surface area contributed by atoms with Crippen molar-refractivity contribution in [2.75, 3.05) is 13.7 Å². The van der Waals surface area contributed by atoms with Gasteiger partial charge in [0.25, 0.3) is 5.91 Å². The molecule has 0 aliphatic rings. The first-order valence-electron chi connectivity index (χ1n) is 8.70. The van der Waals surface area contributed by atoms with Gasteiger partial charge in [0.1, 0.15) is 5.75 Å². The van der Waals surface area contributed by atoms with E-state index < -0.39 is 10.8 Å². The van der Waals surface area contributed by atoms with Crippen LogP contribution in [0.4, 0.5) is 5.69 Å². The second kappa shape index (κ2) is 9.50. The number of nitrogens with zero attached hydrogens (tertiary/aromatic N) is 2. The zero-order chi connectivity index (χ0) is 20.7. The number of ether oxygens (including phenoxy) is 2. The molecule has 0 aromatic heterocycles. The summed E-state index contributed by atoms with van der Waals surface area (Å²) in [7, 11) is 1.33. The maximum absolute atomic E-state index is 12.0. The Kier molecular flexibility index (Phi) is 7.08. The van der Waals surface area contributed by atoms with E-state index in [9.17, 15) is 14.9 Å². The Bertz CT molecular complexity index is 893. The molecule has 0 spiro atoms. The largest absolute Gasteiger partial charge is 0.490 e. The third-order valence-corrected chi connectivity index (χ3v) is 3.97. The topological polar surface area (TPSA) is 103 Å². The molecule has 1 N–H and O–H groups in total. The predicted octanol–water partition coefficient (Wildman–Crippen LogP) is 3.56. The van der Waals surface area contributed by atoms with Gasteiger partial charge in [-0.3, -0.25) is 14.9 Å². The number of methoxy groups -OCH3 is 1. The van der Waals surface area contributed by atoms with Gasteiger partial charge >= 0.3 is 5.69 Å². The molecule has 148 valence electrons. The lowest BCUT2D eigenvalue weighted by molar-refractivity contribution is -0.385. The zero-order valence-electron chi connectivity index (χ0n) is 16.3. The van der Waals surface area contributed by atoms with Crippen molar-refractivity contribution in [1.82, 2.24) is 5.43 Å². The van der Waals surface area contributed by atoms with Crippen LogP contribution >= 0.6 is 0 Å². The number of carbonyl (C=O) groups is 1. The number of carbonyl (C=O) groups excluding carboxylic acids is 1. The van der Waals surface area contributed by atoms with Gasteiger partial charge in [-0.15, -0.1) is 0 Å². The summed E-state index contributed by atoms with van der Waals surface area (Å²) in [6, 6.07) is 10.3. The maximum Gasteiger partial charge on any atom is 0.311 e. The molecule has 0 fully saturated rings. The number of rotatable bonds is 8. The Labute approximate surface area is 163 Å². The second-order valence-corrected chi connectivity index (χ2v) is 6.43. The van der Waals surface area contributed by atoms with Crippen LogP contribution in [0.15, 0.2) is 41.5 Å². The molecule has 2 rings (SSSR count). The highest BCUT2D eigenvalue weighted by atomic mass is 16.6. The van der Waals surface area contributed by atoms with Crippen LogP contribution in [0, 0.1) is 17.0 Å². The Morgan fingerprint density at radius 1 is 1.32 bits per heavy atom. The molecular formula is C20H23N3O5. The summed E-state index contributed by atoms with van der Waals surface area (Å²) >= 11 is 0. The van der Waals surface area contributed by atoms with Crippen LogP contribution in [0.3, 0.4) is 0 Å². The number of aryl methyl sites for hydroxylation is 1. The summed E-state index contributed by atoms with van der Waals surface area (Å²) in [5.41, 5.74) is 4.59. The molecule has 0 aliphatic carbocycles. The molecule has 28 heavy (non-hydrogen) atoms. The molecule has 0 saturated heterocycles. The molecular weight excluding hydrogens is 362 g/mol. The van der Waals surface area contributed by atoms with E-state index in [1.165, 1.54) is 25.5 Å². The standard InChI is InChI=1S/C20H23N3O5/c1-13(2)16-9-8-14(3)10-18(16)28-12-19(24)22-21-11-15-6-5-7-17(23(25)26)20(15)27-4/h5-11,13H,12H2,1-4H3,(H,22,24)/b21-11-. The van der Waals surface area contributed by atoms with Crippen molar-refractivity contribution in [3.8, 4) is 11.5 Å². The average Bonchev–Trinajstić information content (AvgIpc) is 2.65. The Morgan fingerprint density at radius 2 is 2.07 bits per heavy atom. The number of hydrazone groups is 1. The van der Waals surface area contributed by atoms with Gasteiger partial charge in [0, 0.05) is 11.6 Å². The lowest BCUT2D eigenvalue weighted by atomic mass is 10.0. The first-order chi connectivity index (χ1) is 13.3. The Morgan fingerprint density at radius 3 is 2.71 bits per heavy atom. The van der Waals surface area contributed by atoms with E-state index in [0.717, 1.165) is 11.1 Å². The average molecular weight is 385 g/mol. The molecule has 0 unspecified atom stereocenters. The zero-order valence-corrected chi connectivity index (χ0v) is 16.3. The SMILES string of the molecule is COc1c(/C=N\NC(=O)COc2cc(C)ccc2C(C)C)cccc1[N+](=O)[O-]. The molecule has 0 aliphatic heterocycles. The van der Waals surface area contributed by atoms with Gasteiger partial charge in [0.05, 0.1) is 18.2 Å². The van der Waals surface area contributed by atoms with Gasteiger partial charge in [0.15, 0.2) is 6.61 Å². The Balaban J connectivity index is 2.01. The number of hydrogen-bond acceptors (Lipinski definition) is 6. The van der Waals surface area contributed by atoms with Crippen molar-refractivity contribution < 1.29 is 19.2 Å². The van der Waals surface area contributed by atoms with Crippen molar-refractivity contribution in [3.05, 3.63) is 63.2 Å².